The van der Waals surface area contributed by atoms with Crippen molar-refractivity contribution in [2.24, 2.45) is 4.99 Å². The summed E-state index contributed by atoms with van der Waals surface area (Å²) in [6, 6.07) is 13.1. The lowest BCUT2D eigenvalue weighted by Crippen LogP contribution is -2.20. The fourth-order valence-corrected chi connectivity index (χ4v) is 4.54. The first-order valence-electron chi connectivity index (χ1n) is 9.86. The molecular weight excluding hydrogens is 368 g/mol. The average Bonchev–Trinajstić information content (AvgIpc) is 2.82. The number of thioether (sulfide) groups is 1. The SMILES string of the molecule is CCCSc1cccc2c1NC(=S)C(C)N=C2c1c(CC)cccc1CC. The maximum absolute atomic E-state index is 5.66. The number of hydrogen-bond acceptors (Lipinski definition) is 3. The number of hydrogen-bond donors (Lipinski definition) is 1. The summed E-state index contributed by atoms with van der Waals surface area (Å²) < 4.78 is 0. The topological polar surface area (TPSA) is 24.4 Å². The predicted molar refractivity (Wildman–Crippen MR) is 124 cm³/mol. The first-order chi connectivity index (χ1) is 13.1. The highest BCUT2D eigenvalue weighted by atomic mass is 32.2. The number of nitrogens with one attached hydrogen (secondary N) is 1. The summed E-state index contributed by atoms with van der Waals surface area (Å²) in [5, 5.41) is 3.52. The number of thiocarbonyl (C=S) groups is 1. The van der Waals surface area contributed by atoms with Crippen LogP contribution in [0.5, 0.6) is 0 Å². The van der Waals surface area contributed by atoms with E-state index in [1.54, 1.807) is 0 Å². The largest absolute Gasteiger partial charge is 0.347 e. The van der Waals surface area contributed by atoms with Crippen LogP contribution in [0.2, 0.25) is 0 Å². The fraction of sp³-hybridized carbons (Fsp3) is 0.391. The quantitative estimate of drug-likeness (QED) is 0.458. The van der Waals surface area contributed by atoms with E-state index < -0.39 is 0 Å². The van der Waals surface area contributed by atoms with E-state index in [9.17, 15) is 0 Å². The lowest BCUT2D eigenvalue weighted by atomic mass is 9.90. The van der Waals surface area contributed by atoms with Gasteiger partial charge in [0.05, 0.1) is 17.4 Å². The van der Waals surface area contributed by atoms with Gasteiger partial charge in [0, 0.05) is 16.0 Å². The molecule has 1 aliphatic rings. The Balaban J connectivity index is 2.26. The van der Waals surface area contributed by atoms with Gasteiger partial charge in [-0.2, -0.15) is 0 Å². The minimum absolute atomic E-state index is 0.0407. The maximum Gasteiger partial charge on any atom is 0.104 e. The summed E-state index contributed by atoms with van der Waals surface area (Å²) in [5.74, 6) is 1.10. The molecule has 0 saturated heterocycles. The van der Waals surface area contributed by atoms with Gasteiger partial charge in [-0.25, -0.2) is 0 Å². The van der Waals surface area contributed by atoms with E-state index in [-0.39, 0.29) is 6.04 Å². The number of aryl methyl sites for hydroxylation is 2. The molecule has 3 rings (SSSR count). The highest BCUT2D eigenvalue weighted by Crippen LogP contribution is 2.35. The summed E-state index contributed by atoms with van der Waals surface area (Å²) in [4.78, 5) is 7.16. The van der Waals surface area contributed by atoms with E-state index in [0.717, 1.165) is 41.4 Å². The van der Waals surface area contributed by atoms with Crippen molar-refractivity contribution in [1.82, 2.24) is 0 Å². The van der Waals surface area contributed by atoms with Gasteiger partial charge in [0.1, 0.15) is 4.99 Å². The van der Waals surface area contributed by atoms with Crippen molar-refractivity contribution in [1.29, 1.82) is 0 Å². The molecule has 0 aromatic heterocycles. The molecule has 1 atom stereocenters. The van der Waals surface area contributed by atoms with Crippen LogP contribution in [0.1, 0.15) is 56.4 Å². The van der Waals surface area contributed by atoms with Crippen molar-refractivity contribution in [3.63, 3.8) is 0 Å². The third-order valence-electron chi connectivity index (χ3n) is 4.93. The fourth-order valence-electron chi connectivity index (χ4n) is 3.49. The molecule has 2 aromatic rings. The predicted octanol–water partition coefficient (Wildman–Crippen LogP) is 6.29. The van der Waals surface area contributed by atoms with E-state index in [1.165, 1.54) is 27.1 Å². The van der Waals surface area contributed by atoms with Crippen LogP contribution >= 0.6 is 24.0 Å². The van der Waals surface area contributed by atoms with Crippen LogP contribution in [0.15, 0.2) is 46.3 Å². The van der Waals surface area contributed by atoms with Crippen molar-refractivity contribution in [2.75, 3.05) is 11.1 Å². The molecule has 0 fully saturated rings. The molecule has 0 amide bonds. The average molecular weight is 397 g/mol. The molecule has 0 radical (unpaired) electrons. The van der Waals surface area contributed by atoms with Crippen LogP contribution in [-0.4, -0.2) is 22.5 Å². The molecule has 1 N–H and O–H groups in total. The smallest absolute Gasteiger partial charge is 0.104 e. The maximum atomic E-state index is 5.66. The van der Waals surface area contributed by atoms with Crippen LogP contribution in [-0.2, 0) is 12.8 Å². The zero-order valence-corrected chi connectivity index (χ0v) is 18.3. The van der Waals surface area contributed by atoms with E-state index in [0.29, 0.717) is 0 Å². The van der Waals surface area contributed by atoms with Crippen LogP contribution < -0.4 is 5.32 Å². The molecule has 1 unspecified atom stereocenters. The van der Waals surface area contributed by atoms with Crippen LogP contribution in [0.3, 0.4) is 0 Å². The van der Waals surface area contributed by atoms with Gasteiger partial charge >= 0.3 is 0 Å². The van der Waals surface area contributed by atoms with Gasteiger partial charge in [-0.15, -0.1) is 11.8 Å². The van der Waals surface area contributed by atoms with E-state index in [2.05, 4.69) is 69.4 Å². The van der Waals surface area contributed by atoms with Gasteiger partial charge in [0.2, 0.25) is 0 Å². The number of benzodiazepines with no additional fused rings is 1. The molecule has 27 heavy (non-hydrogen) atoms. The molecule has 2 aromatic carbocycles. The number of aliphatic imine (C=N–C) groups is 1. The summed E-state index contributed by atoms with van der Waals surface area (Å²) >= 11 is 7.55. The first kappa shape index (κ1) is 20.1. The summed E-state index contributed by atoms with van der Waals surface area (Å²) in [6.45, 7) is 8.74. The van der Waals surface area contributed by atoms with E-state index in [4.69, 9.17) is 17.2 Å². The molecule has 1 aliphatic heterocycles. The lowest BCUT2D eigenvalue weighted by molar-refractivity contribution is 0.986. The normalized spacial score (nSPS) is 16.4. The van der Waals surface area contributed by atoms with Gasteiger partial charge < -0.3 is 5.32 Å². The van der Waals surface area contributed by atoms with E-state index >= 15 is 0 Å². The second-order valence-corrected chi connectivity index (χ2v) is 8.41. The Bertz CT molecular complexity index is 848. The Hall–Kier alpha value is -1.65. The van der Waals surface area contributed by atoms with Crippen molar-refractivity contribution in [3.05, 3.63) is 58.7 Å². The van der Waals surface area contributed by atoms with Crippen LogP contribution in [0, 0.1) is 0 Å². The van der Waals surface area contributed by atoms with Gasteiger partial charge in [-0.05, 0) is 49.1 Å². The summed E-state index contributed by atoms with van der Waals surface area (Å²) in [6.07, 6.45) is 3.14. The molecule has 4 heteroatoms. The zero-order valence-electron chi connectivity index (χ0n) is 16.6. The minimum atomic E-state index is -0.0407. The Morgan fingerprint density at radius 3 is 2.33 bits per heavy atom. The Morgan fingerprint density at radius 2 is 1.70 bits per heavy atom. The van der Waals surface area contributed by atoms with Gasteiger partial charge in [-0.1, -0.05) is 63.3 Å². The Labute approximate surface area is 172 Å². The van der Waals surface area contributed by atoms with Crippen LogP contribution in [0.4, 0.5) is 5.69 Å². The third-order valence-corrected chi connectivity index (χ3v) is 6.64. The van der Waals surface area contributed by atoms with Gasteiger partial charge in [0.25, 0.3) is 0 Å². The molecule has 2 nitrogen and oxygen atoms in total. The van der Waals surface area contributed by atoms with Crippen molar-refractivity contribution in [3.8, 4) is 0 Å². The number of para-hydroxylation sites is 1. The molecule has 0 saturated carbocycles. The lowest BCUT2D eigenvalue weighted by Gasteiger charge is -2.18. The Morgan fingerprint density at radius 1 is 1.04 bits per heavy atom. The third kappa shape index (κ3) is 4.12. The van der Waals surface area contributed by atoms with E-state index in [1.807, 2.05) is 11.8 Å². The number of benzene rings is 2. The van der Waals surface area contributed by atoms with Gasteiger partial charge in [-0.3, -0.25) is 4.99 Å². The number of anilines is 1. The summed E-state index contributed by atoms with van der Waals surface area (Å²) in [7, 11) is 0. The zero-order chi connectivity index (χ0) is 19.4. The molecule has 142 valence electrons. The standard InChI is InChI=1S/C23H28N2S2/c1-5-14-27-19-13-9-12-18-21(19)25-23(26)15(4)24-22(18)20-16(6-2)10-8-11-17(20)7-3/h8-13,15H,5-7,14H2,1-4H3,(H,25,26). The number of rotatable bonds is 6. The number of nitrogens with zero attached hydrogens (tertiary/aromatic N) is 1. The molecular formula is C23H28N2S2. The summed E-state index contributed by atoms with van der Waals surface area (Å²) in [5.41, 5.74) is 7.37. The molecule has 1 heterocycles. The van der Waals surface area contributed by atoms with Crippen LogP contribution in [0.25, 0.3) is 0 Å². The molecule has 0 spiro atoms. The number of fused-ring (bicyclic) bond motifs is 1. The van der Waals surface area contributed by atoms with Crippen molar-refractivity contribution in [2.45, 2.75) is 57.9 Å². The highest BCUT2D eigenvalue weighted by molar-refractivity contribution is 7.99. The highest BCUT2D eigenvalue weighted by Gasteiger charge is 2.25. The monoisotopic (exact) mass is 396 g/mol. The van der Waals surface area contributed by atoms with Gasteiger partial charge in [0.15, 0.2) is 0 Å². The second-order valence-electron chi connectivity index (χ2n) is 6.83. The van der Waals surface area contributed by atoms with Crippen molar-refractivity contribution < 1.29 is 0 Å². The van der Waals surface area contributed by atoms with Crippen molar-refractivity contribution >= 4 is 40.4 Å². The molecule has 0 bridgehead atoms. The minimum Gasteiger partial charge on any atom is -0.347 e. The second kappa shape index (κ2) is 9.03. The molecule has 0 aliphatic carbocycles. The first-order valence-corrected chi connectivity index (χ1v) is 11.3. The Kier molecular flexibility index (Phi) is 6.72.